The lowest BCUT2D eigenvalue weighted by molar-refractivity contribution is 0.280. The van der Waals surface area contributed by atoms with E-state index in [1.165, 1.54) is 6.07 Å². The van der Waals surface area contributed by atoms with Gasteiger partial charge >= 0.3 is 0 Å². The first-order valence-electron chi connectivity index (χ1n) is 5.41. The lowest BCUT2D eigenvalue weighted by Crippen LogP contribution is -1.99. The van der Waals surface area contributed by atoms with Crippen molar-refractivity contribution < 1.29 is 14.2 Å². The van der Waals surface area contributed by atoms with E-state index in [2.05, 4.69) is 36.8 Å². The average molecular weight is 391 g/mol. The van der Waals surface area contributed by atoms with E-state index in [4.69, 9.17) is 9.84 Å². The van der Waals surface area contributed by atoms with Crippen LogP contribution in [0.5, 0.6) is 5.75 Å². The lowest BCUT2D eigenvalue weighted by Gasteiger charge is -2.11. The molecule has 0 aliphatic heterocycles. The minimum Gasteiger partial charge on any atom is -0.486 e. The predicted octanol–water partition coefficient (Wildman–Crippen LogP) is 3.82. The summed E-state index contributed by atoms with van der Waals surface area (Å²) < 4.78 is 20.0. The highest BCUT2D eigenvalue weighted by Gasteiger charge is 2.09. The van der Waals surface area contributed by atoms with Crippen molar-refractivity contribution in [3.63, 3.8) is 0 Å². The zero-order valence-corrected chi connectivity index (χ0v) is 12.9. The molecule has 2 aromatic rings. The van der Waals surface area contributed by atoms with Crippen LogP contribution in [-0.2, 0) is 13.2 Å². The quantitative estimate of drug-likeness (QED) is 0.862. The Morgan fingerprint density at radius 1 is 1.11 bits per heavy atom. The first kappa shape index (κ1) is 14.4. The number of aliphatic hydroxyl groups is 1. The maximum absolute atomic E-state index is 13.0. The molecule has 0 aliphatic carbocycles. The second kappa shape index (κ2) is 6.45. The number of aliphatic hydroxyl groups excluding tert-OH is 1. The van der Waals surface area contributed by atoms with Crippen molar-refractivity contribution in [3.05, 3.63) is 56.5 Å². The third kappa shape index (κ3) is 3.75. The summed E-state index contributed by atoms with van der Waals surface area (Å²) in [5.41, 5.74) is 1.41. The van der Waals surface area contributed by atoms with Gasteiger partial charge in [0, 0.05) is 11.8 Å². The van der Waals surface area contributed by atoms with Gasteiger partial charge in [0.2, 0.25) is 0 Å². The minimum atomic E-state index is -0.394. The van der Waals surface area contributed by atoms with Crippen LogP contribution in [0.2, 0.25) is 0 Å². The molecule has 6 heteroatoms. The Hall–Kier alpha value is -0.980. The van der Waals surface area contributed by atoms with Crippen LogP contribution in [0.25, 0.3) is 0 Å². The number of ether oxygens (including phenoxy) is 1. The van der Waals surface area contributed by atoms with Gasteiger partial charge < -0.3 is 9.84 Å². The summed E-state index contributed by atoms with van der Waals surface area (Å²) >= 11 is 6.74. The molecule has 1 N–H and O–H groups in total. The minimum absolute atomic E-state index is 0.0503. The summed E-state index contributed by atoms with van der Waals surface area (Å²) in [6.45, 7) is 0.158. The van der Waals surface area contributed by atoms with Crippen LogP contribution >= 0.6 is 31.9 Å². The number of hydrogen-bond donors (Lipinski definition) is 1. The molecule has 0 atom stereocenters. The fourth-order valence-corrected chi connectivity index (χ4v) is 3.04. The Kier molecular flexibility index (Phi) is 4.90. The first-order valence-corrected chi connectivity index (χ1v) is 6.99. The summed E-state index contributed by atoms with van der Waals surface area (Å²) in [5, 5.41) is 9.08. The van der Waals surface area contributed by atoms with Crippen molar-refractivity contribution in [2.24, 2.45) is 0 Å². The van der Waals surface area contributed by atoms with Crippen molar-refractivity contribution in [2.75, 3.05) is 0 Å². The molecule has 0 saturated carbocycles. The average Bonchev–Trinajstić information content (AvgIpc) is 2.37. The van der Waals surface area contributed by atoms with Gasteiger partial charge in [0.05, 0.1) is 21.7 Å². The fourth-order valence-electron chi connectivity index (χ4n) is 1.53. The smallest absolute Gasteiger partial charge is 0.148 e. The molecular weight excluding hydrogens is 381 g/mol. The van der Waals surface area contributed by atoms with Crippen molar-refractivity contribution in [1.29, 1.82) is 0 Å². The van der Waals surface area contributed by atoms with Gasteiger partial charge in [0.15, 0.2) is 0 Å². The molecule has 1 aromatic carbocycles. The van der Waals surface area contributed by atoms with Crippen LogP contribution in [-0.4, -0.2) is 10.1 Å². The molecule has 0 saturated heterocycles. The predicted molar refractivity (Wildman–Crippen MR) is 76.3 cm³/mol. The molecule has 0 radical (unpaired) electrons. The van der Waals surface area contributed by atoms with Crippen LogP contribution in [0.3, 0.4) is 0 Å². The van der Waals surface area contributed by atoms with Gasteiger partial charge in [0.25, 0.3) is 0 Å². The van der Waals surface area contributed by atoms with Gasteiger partial charge in [-0.2, -0.15) is 0 Å². The Bertz CT molecular complexity index is 570. The van der Waals surface area contributed by atoms with E-state index < -0.39 is 5.82 Å². The maximum atomic E-state index is 13.0. The van der Waals surface area contributed by atoms with E-state index in [1.807, 2.05) is 0 Å². The van der Waals surface area contributed by atoms with E-state index >= 15 is 0 Å². The Balaban J connectivity index is 2.16. The molecule has 19 heavy (non-hydrogen) atoms. The van der Waals surface area contributed by atoms with Gasteiger partial charge in [-0.25, -0.2) is 4.39 Å². The number of rotatable bonds is 4. The van der Waals surface area contributed by atoms with E-state index in [9.17, 15) is 4.39 Å². The summed E-state index contributed by atoms with van der Waals surface area (Å²) in [6.07, 6.45) is 2.69. The van der Waals surface area contributed by atoms with Crippen molar-refractivity contribution in [3.8, 4) is 5.75 Å². The zero-order valence-electron chi connectivity index (χ0n) is 9.74. The molecule has 3 nitrogen and oxygen atoms in total. The molecule has 1 aromatic heterocycles. The normalized spacial score (nSPS) is 10.5. The largest absolute Gasteiger partial charge is 0.486 e. The molecule has 0 amide bonds. The third-order valence-corrected chi connectivity index (χ3v) is 3.56. The topological polar surface area (TPSA) is 42.4 Å². The van der Waals surface area contributed by atoms with Gasteiger partial charge in [-0.3, -0.25) is 4.98 Å². The van der Waals surface area contributed by atoms with Gasteiger partial charge in [-0.05, 0) is 55.6 Å². The monoisotopic (exact) mass is 389 g/mol. The van der Waals surface area contributed by atoms with Crippen LogP contribution in [0.4, 0.5) is 4.39 Å². The van der Waals surface area contributed by atoms with E-state index in [0.29, 0.717) is 11.3 Å². The van der Waals surface area contributed by atoms with Crippen LogP contribution < -0.4 is 4.74 Å². The van der Waals surface area contributed by atoms with Crippen LogP contribution in [0.1, 0.15) is 11.1 Å². The van der Waals surface area contributed by atoms with Gasteiger partial charge in [0.1, 0.15) is 18.2 Å². The molecule has 0 fully saturated rings. The molecule has 100 valence electrons. The van der Waals surface area contributed by atoms with Crippen molar-refractivity contribution in [1.82, 2.24) is 4.98 Å². The first-order chi connectivity index (χ1) is 9.10. The zero-order chi connectivity index (χ0) is 13.8. The van der Waals surface area contributed by atoms with Crippen molar-refractivity contribution >= 4 is 31.9 Å². The molecule has 0 bridgehead atoms. The van der Waals surface area contributed by atoms with Crippen LogP contribution in [0, 0.1) is 5.82 Å². The number of aromatic nitrogens is 1. The Labute approximate surface area is 126 Å². The molecule has 0 aliphatic rings. The summed E-state index contributed by atoms with van der Waals surface area (Å²) in [6, 6.07) is 4.91. The Morgan fingerprint density at radius 3 is 2.37 bits per heavy atom. The SMILES string of the molecule is OCc1cc(Br)c(OCc2cncc(F)c2)c(Br)c1. The van der Waals surface area contributed by atoms with E-state index in [0.717, 1.165) is 20.7 Å². The summed E-state index contributed by atoms with van der Waals surface area (Å²) in [4.78, 5) is 3.76. The van der Waals surface area contributed by atoms with E-state index in [-0.39, 0.29) is 13.2 Å². The second-order valence-electron chi connectivity index (χ2n) is 3.85. The highest BCUT2D eigenvalue weighted by molar-refractivity contribution is 9.11. The summed E-state index contributed by atoms with van der Waals surface area (Å²) in [7, 11) is 0. The highest BCUT2D eigenvalue weighted by Crippen LogP contribution is 2.35. The Morgan fingerprint density at radius 2 is 1.79 bits per heavy atom. The maximum Gasteiger partial charge on any atom is 0.148 e. The molecule has 0 spiro atoms. The van der Waals surface area contributed by atoms with Crippen molar-refractivity contribution in [2.45, 2.75) is 13.2 Å². The third-order valence-electron chi connectivity index (χ3n) is 2.39. The number of halogens is 3. The van der Waals surface area contributed by atoms with Gasteiger partial charge in [-0.15, -0.1) is 0 Å². The highest BCUT2D eigenvalue weighted by atomic mass is 79.9. The number of pyridine rings is 1. The van der Waals surface area contributed by atoms with Crippen LogP contribution in [0.15, 0.2) is 39.5 Å². The van der Waals surface area contributed by atoms with Gasteiger partial charge in [-0.1, -0.05) is 0 Å². The second-order valence-corrected chi connectivity index (χ2v) is 5.56. The fraction of sp³-hybridized carbons (Fsp3) is 0.154. The molecular formula is C13H10Br2FNO2. The lowest BCUT2D eigenvalue weighted by atomic mass is 10.2. The molecule has 2 rings (SSSR count). The number of benzene rings is 1. The summed E-state index contributed by atoms with van der Waals surface area (Å²) in [5.74, 6) is 0.205. The molecule has 0 unspecified atom stereocenters. The standard InChI is InChI=1S/C13H10Br2FNO2/c14-11-2-8(6-18)3-12(15)13(11)19-7-9-1-10(16)5-17-4-9/h1-5,18H,6-7H2. The number of nitrogens with zero attached hydrogens (tertiary/aromatic N) is 1. The van der Waals surface area contributed by atoms with E-state index in [1.54, 1.807) is 18.3 Å². The number of hydrogen-bond acceptors (Lipinski definition) is 3. The molecule has 1 heterocycles.